The maximum Gasteiger partial charge on any atom is 0.279 e. The van der Waals surface area contributed by atoms with Gasteiger partial charge in [0.15, 0.2) is 6.54 Å². The molecule has 2 aromatic carbocycles. The molecule has 0 saturated heterocycles. The molecule has 6 nitrogen and oxygen atoms in total. The van der Waals surface area contributed by atoms with Crippen molar-refractivity contribution in [2.75, 3.05) is 39.7 Å². The highest BCUT2D eigenvalue weighted by Gasteiger charge is 2.14. The highest BCUT2D eigenvalue weighted by Crippen LogP contribution is 2.28. The van der Waals surface area contributed by atoms with Crippen LogP contribution in [-0.2, 0) is 11.3 Å². The molecular formula is C21H27N2O4+. The Morgan fingerprint density at radius 2 is 1.81 bits per heavy atom. The number of ether oxygens (including phenoxy) is 3. The summed E-state index contributed by atoms with van der Waals surface area (Å²) in [6, 6.07) is 13.2. The molecule has 0 aromatic heterocycles. The van der Waals surface area contributed by atoms with Gasteiger partial charge in [-0.15, -0.1) is 0 Å². The van der Waals surface area contributed by atoms with Crippen LogP contribution in [0.15, 0.2) is 55.1 Å². The minimum atomic E-state index is -0.0926. The molecule has 0 saturated carbocycles. The highest BCUT2D eigenvalue weighted by molar-refractivity contribution is 5.93. The highest BCUT2D eigenvalue weighted by atomic mass is 16.5. The Morgan fingerprint density at radius 1 is 1.11 bits per heavy atom. The van der Waals surface area contributed by atoms with Crippen molar-refractivity contribution in [1.29, 1.82) is 0 Å². The number of amides is 1. The van der Waals surface area contributed by atoms with Gasteiger partial charge in [0, 0.05) is 11.6 Å². The average Bonchev–Trinajstić information content (AvgIpc) is 2.67. The van der Waals surface area contributed by atoms with Crippen LogP contribution in [0.3, 0.4) is 0 Å². The van der Waals surface area contributed by atoms with Gasteiger partial charge in [-0.05, 0) is 36.4 Å². The first-order valence-electron chi connectivity index (χ1n) is 8.71. The summed E-state index contributed by atoms with van der Waals surface area (Å²) in [7, 11) is 5.13. The van der Waals surface area contributed by atoms with E-state index in [0.717, 1.165) is 22.8 Å². The van der Waals surface area contributed by atoms with E-state index in [0.29, 0.717) is 30.3 Å². The van der Waals surface area contributed by atoms with Gasteiger partial charge in [-0.2, -0.15) is 0 Å². The molecule has 2 aromatic rings. The minimum Gasteiger partial charge on any atom is -0.497 e. The molecule has 144 valence electrons. The molecule has 0 fully saturated rings. The van der Waals surface area contributed by atoms with Crippen molar-refractivity contribution in [3.8, 4) is 17.2 Å². The quantitative estimate of drug-likeness (QED) is 0.627. The van der Waals surface area contributed by atoms with E-state index in [9.17, 15) is 4.79 Å². The number of anilines is 1. The molecule has 0 radical (unpaired) electrons. The van der Waals surface area contributed by atoms with Crippen LogP contribution in [0.2, 0.25) is 0 Å². The first-order valence-corrected chi connectivity index (χ1v) is 8.71. The van der Waals surface area contributed by atoms with Crippen LogP contribution in [0.25, 0.3) is 0 Å². The van der Waals surface area contributed by atoms with Crippen LogP contribution in [0.4, 0.5) is 5.69 Å². The van der Waals surface area contributed by atoms with Crippen LogP contribution in [0.5, 0.6) is 17.2 Å². The molecule has 1 amide bonds. The molecule has 0 aliphatic rings. The fraction of sp³-hybridized carbons (Fsp3) is 0.286. The van der Waals surface area contributed by atoms with Crippen molar-refractivity contribution in [3.63, 3.8) is 0 Å². The molecule has 0 aliphatic heterocycles. The van der Waals surface area contributed by atoms with Crippen molar-refractivity contribution in [2.45, 2.75) is 6.54 Å². The Kier molecular flexibility index (Phi) is 7.70. The molecule has 0 spiro atoms. The van der Waals surface area contributed by atoms with Crippen molar-refractivity contribution >= 4 is 11.6 Å². The maximum atomic E-state index is 12.4. The van der Waals surface area contributed by atoms with Gasteiger partial charge in [0.1, 0.15) is 30.4 Å². The van der Waals surface area contributed by atoms with Crippen LogP contribution in [-0.4, -0.2) is 40.3 Å². The van der Waals surface area contributed by atoms with E-state index in [-0.39, 0.29) is 5.91 Å². The van der Waals surface area contributed by atoms with Gasteiger partial charge in [0.2, 0.25) is 0 Å². The van der Waals surface area contributed by atoms with Gasteiger partial charge in [-0.1, -0.05) is 12.7 Å². The van der Waals surface area contributed by atoms with Crippen LogP contribution in [0.1, 0.15) is 5.56 Å². The topological polar surface area (TPSA) is 61.2 Å². The fourth-order valence-electron chi connectivity index (χ4n) is 2.65. The molecule has 1 unspecified atom stereocenters. The lowest BCUT2D eigenvalue weighted by molar-refractivity contribution is -0.885. The Balaban J connectivity index is 1.91. The van der Waals surface area contributed by atoms with Gasteiger partial charge >= 0.3 is 0 Å². The standard InChI is InChI=1S/C21H26N2O4/c1-5-12-27-17-8-6-16(7-9-17)14-23(2)15-21(24)22-19-13-18(25-3)10-11-20(19)26-4/h5-11,13H,1,12,14-15H2,2-4H3,(H,22,24)/p+1. The number of benzene rings is 2. The summed E-state index contributed by atoms with van der Waals surface area (Å²) >= 11 is 0. The van der Waals surface area contributed by atoms with Crippen molar-refractivity contribution in [3.05, 3.63) is 60.7 Å². The number of hydrogen-bond acceptors (Lipinski definition) is 4. The second-order valence-corrected chi connectivity index (χ2v) is 6.17. The normalized spacial score (nSPS) is 11.4. The van der Waals surface area contributed by atoms with E-state index in [2.05, 4.69) is 11.9 Å². The fourth-order valence-corrected chi connectivity index (χ4v) is 2.65. The third kappa shape index (κ3) is 6.34. The van der Waals surface area contributed by atoms with Crippen molar-refractivity contribution in [2.24, 2.45) is 0 Å². The third-order valence-corrected chi connectivity index (χ3v) is 3.94. The van der Waals surface area contributed by atoms with E-state index in [1.165, 1.54) is 0 Å². The monoisotopic (exact) mass is 371 g/mol. The Morgan fingerprint density at radius 3 is 2.44 bits per heavy atom. The number of carbonyl (C=O) groups is 1. The van der Waals surface area contributed by atoms with Gasteiger partial charge in [-0.25, -0.2) is 0 Å². The number of methoxy groups -OCH3 is 2. The zero-order chi connectivity index (χ0) is 19.6. The number of carbonyl (C=O) groups excluding carboxylic acids is 1. The summed E-state index contributed by atoms with van der Waals surface area (Å²) in [6.45, 7) is 5.17. The number of rotatable bonds is 10. The minimum absolute atomic E-state index is 0.0926. The SMILES string of the molecule is C=CCOc1ccc(C[NH+](C)CC(=O)Nc2cc(OC)ccc2OC)cc1. The average molecular weight is 371 g/mol. The second-order valence-electron chi connectivity index (χ2n) is 6.17. The summed E-state index contributed by atoms with van der Waals surface area (Å²) in [4.78, 5) is 13.5. The molecular weight excluding hydrogens is 344 g/mol. The summed E-state index contributed by atoms with van der Waals surface area (Å²) in [5.41, 5.74) is 1.73. The largest absolute Gasteiger partial charge is 0.497 e. The molecule has 6 heteroatoms. The maximum absolute atomic E-state index is 12.4. The van der Waals surface area contributed by atoms with Gasteiger partial charge in [0.05, 0.1) is 27.0 Å². The Bertz CT molecular complexity index is 759. The summed E-state index contributed by atoms with van der Waals surface area (Å²) < 4.78 is 16.0. The van der Waals surface area contributed by atoms with Crippen LogP contribution >= 0.6 is 0 Å². The van der Waals surface area contributed by atoms with E-state index in [1.54, 1.807) is 38.5 Å². The number of hydrogen-bond donors (Lipinski definition) is 2. The predicted octanol–water partition coefficient (Wildman–Crippen LogP) is 1.92. The molecule has 0 heterocycles. The lowest BCUT2D eigenvalue weighted by atomic mass is 10.2. The zero-order valence-electron chi connectivity index (χ0n) is 16.1. The van der Waals surface area contributed by atoms with Crippen LogP contribution < -0.4 is 24.4 Å². The first kappa shape index (κ1) is 20.3. The predicted molar refractivity (Wildman–Crippen MR) is 106 cm³/mol. The second kappa shape index (κ2) is 10.2. The van der Waals surface area contributed by atoms with Crippen LogP contribution in [0, 0.1) is 0 Å². The molecule has 2 N–H and O–H groups in total. The van der Waals surface area contributed by atoms with Gasteiger partial charge in [0.25, 0.3) is 5.91 Å². The Labute approximate surface area is 160 Å². The first-order chi connectivity index (χ1) is 13.0. The van der Waals surface area contributed by atoms with Gasteiger partial charge < -0.3 is 24.4 Å². The third-order valence-electron chi connectivity index (χ3n) is 3.94. The van der Waals surface area contributed by atoms with Crippen molar-refractivity contribution in [1.82, 2.24) is 0 Å². The number of likely N-dealkylation sites (N-methyl/N-ethyl adjacent to an activating group) is 1. The summed E-state index contributed by atoms with van der Waals surface area (Å²) in [6.07, 6.45) is 1.71. The van der Waals surface area contributed by atoms with Crippen molar-refractivity contribution < 1.29 is 23.9 Å². The summed E-state index contributed by atoms with van der Waals surface area (Å²) in [5, 5.41) is 2.89. The zero-order valence-corrected chi connectivity index (χ0v) is 16.1. The number of quaternary nitrogens is 1. The van der Waals surface area contributed by atoms with E-state index in [4.69, 9.17) is 14.2 Å². The van der Waals surface area contributed by atoms with E-state index in [1.807, 2.05) is 31.3 Å². The molecule has 0 aliphatic carbocycles. The summed E-state index contributed by atoms with van der Waals surface area (Å²) in [5.74, 6) is 1.96. The smallest absolute Gasteiger partial charge is 0.279 e. The lowest BCUT2D eigenvalue weighted by Crippen LogP contribution is -3.08. The van der Waals surface area contributed by atoms with Gasteiger partial charge in [-0.3, -0.25) is 4.79 Å². The van der Waals surface area contributed by atoms with E-state index >= 15 is 0 Å². The molecule has 0 bridgehead atoms. The molecule has 27 heavy (non-hydrogen) atoms. The molecule has 2 rings (SSSR count). The molecule has 1 atom stereocenters. The Hall–Kier alpha value is -2.99. The van der Waals surface area contributed by atoms with E-state index < -0.39 is 0 Å². The number of nitrogens with one attached hydrogen (secondary N) is 2. The lowest BCUT2D eigenvalue weighted by Gasteiger charge is -2.16.